The number of carbonyl (C=O) groups is 1. The topological polar surface area (TPSA) is 125 Å². The summed E-state index contributed by atoms with van der Waals surface area (Å²) < 4.78 is 10.7. The number of anilines is 3. The Morgan fingerprint density at radius 2 is 1.48 bits per heavy atom. The Bertz CT molecular complexity index is 540. The number of aromatic nitrogens is 3. The second-order valence-corrected chi connectivity index (χ2v) is 5.63. The maximum absolute atomic E-state index is 11.2. The van der Waals surface area contributed by atoms with E-state index in [1.54, 1.807) is 0 Å². The van der Waals surface area contributed by atoms with E-state index in [9.17, 15) is 4.79 Å². The number of carbonyl (C=O) groups excluding carboxylic acids is 1. The number of morpholine rings is 2. The highest BCUT2D eigenvalue weighted by Crippen LogP contribution is 2.18. The number of aliphatic hydroxyl groups is 1. The summed E-state index contributed by atoms with van der Waals surface area (Å²) >= 11 is 0. The van der Waals surface area contributed by atoms with Crippen molar-refractivity contribution in [3.05, 3.63) is 0 Å². The molecule has 2 saturated heterocycles. The van der Waals surface area contributed by atoms with E-state index in [0.29, 0.717) is 70.5 Å². The van der Waals surface area contributed by atoms with Gasteiger partial charge in [0.1, 0.15) is 6.61 Å². The Morgan fingerprint density at radius 3 is 1.96 bits per heavy atom. The fourth-order valence-electron chi connectivity index (χ4n) is 2.50. The van der Waals surface area contributed by atoms with Gasteiger partial charge in [0.25, 0.3) is 0 Å². The van der Waals surface area contributed by atoms with Crippen molar-refractivity contribution in [3.8, 4) is 0 Å². The lowest BCUT2D eigenvalue weighted by atomic mass is 10.4. The zero-order valence-corrected chi connectivity index (χ0v) is 14.0. The van der Waals surface area contributed by atoms with Crippen LogP contribution in [-0.2, 0) is 14.3 Å². The van der Waals surface area contributed by atoms with Gasteiger partial charge in [0, 0.05) is 26.2 Å². The molecule has 0 aromatic carbocycles. The summed E-state index contributed by atoms with van der Waals surface area (Å²) in [5.74, 6) is 1.13. The molecule has 3 rings (SSSR count). The van der Waals surface area contributed by atoms with E-state index in [2.05, 4.69) is 25.8 Å². The van der Waals surface area contributed by atoms with Crippen LogP contribution in [0, 0.1) is 0 Å². The Labute approximate surface area is 145 Å². The SMILES string of the molecule is O=C(CO)CNNc1nc(N2CCOCC2)nc(N2CCOCC2)n1. The monoisotopic (exact) mass is 353 g/mol. The molecule has 2 fully saturated rings. The molecule has 2 aliphatic rings. The molecule has 2 aliphatic heterocycles. The molecular weight excluding hydrogens is 330 g/mol. The quantitative estimate of drug-likeness (QED) is 0.472. The van der Waals surface area contributed by atoms with Crippen LogP contribution in [0.1, 0.15) is 0 Å². The summed E-state index contributed by atoms with van der Waals surface area (Å²) in [6.45, 7) is 4.83. The van der Waals surface area contributed by atoms with E-state index in [0.717, 1.165) is 0 Å². The number of hydrogen-bond donors (Lipinski definition) is 3. The van der Waals surface area contributed by atoms with Gasteiger partial charge in [0.05, 0.1) is 33.0 Å². The fraction of sp³-hybridized carbons (Fsp3) is 0.714. The fourth-order valence-corrected chi connectivity index (χ4v) is 2.50. The summed E-state index contributed by atoms with van der Waals surface area (Å²) in [5.41, 5.74) is 5.52. The van der Waals surface area contributed by atoms with Gasteiger partial charge in [-0.3, -0.25) is 10.2 Å². The highest BCUT2D eigenvalue weighted by atomic mass is 16.5. The lowest BCUT2D eigenvalue weighted by Gasteiger charge is -2.30. The third-order valence-corrected chi connectivity index (χ3v) is 3.86. The van der Waals surface area contributed by atoms with Crippen molar-refractivity contribution in [3.63, 3.8) is 0 Å². The first kappa shape index (κ1) is 17.7. The minimum atomic E-state index is -0.510. The molecule has 138 valence electrons. The van der Waals surface area contributed by atoms with E-state index in [1.165, 1.54) is 0 Å². The first-order chi connectivity index (χ1) is 12.3. The summed E-state index contributed by atoms with van der Waals surface area (Å²) in [4.78, 5) is 28.7. The van der Waals surface area contributed by atoms with Gasteiger partial charge in [0.2, 0.25) is 17.8 Å². The molecule has 11 nitrogen and oxygen atoms in total. The van der Waals surface area contributed by atoms with Crippen molar-refractivity contribution in [2.45, 2.75) is 0 Å². The number of hydrogen-bond acceptors (Lipinski definition) is 11. The van der Waals surface area contributed by atoms with Crippen molar-refractivity contribution in [2.75, 3.05) is 81.0 Å². The van der Waals surface area contributed by atoms with Crippen LogP contribution in [0.5, 0.6) is 0 Å². The molecule has 0 amide bonds. The molecule has 1 aromatic rings. The smallest absolute Gasteiger partial charge is 0.243 e. The van der Waals surface area contributed by atoms with Gasteiger partial charge in [0.15, 0.2) is 5.78 Å². The molecule has 25 heavy (non-hydrogen) atoms. The van der Waals surface area contributed by atoms with Crippen LogP contribution in [0.2, 0.25) is 0 Å². The number of nitrogens with zero attached hydrogens (tertiary/aromatic N) is 5. The maximum Gasteiger partial charge on any atom is 0.243 e. The Hall–Kier alpha value is -2.08. The van der Waals surface area contributed by atoms with Crippen LogP contribution in [0.15, 0.2) is 0 Å². The van der Waals surface area contributed by atoms with Crippen LogP contribution in [0.4, 0.5) is 17.8 Å². The molecule has 1 aromatic heterocycles. The molecule has 11 heteroatoms. The second-order valence-electron chi connectivity index (χ2n) is 5.63. The van der Waals surface area contributed by atoms with Crippen molar-refractivity contribution >= 4 is 23.6 Å². The van der Waals surface area contributed by atoms with Crippen LogP contribution in [0.25, 0.3) is 0 Å². The number of hydrazine groups is 1. The zero-order chi connectivity index (χ0) is 17.5. The van der Waals surface area contributed by atoms with Gasteiger partial charge in [-0.05, 0) is 0 Å². The third-order valence-electron chi connectivity index (χ3n) is 3.86. The summed E-state index contributed by atoms with van der Waals surface area (Å²) in [5, 5.41) is 8.76. The highest BCUT2D eigenvalue weighted by molar-refractivity contribution is 5.81. The first-order valence-corrected chi connectivity index (χ1v) is 8.29. The molecule has 0 radical (unpaired) electrons. The predicted octanol–water partition coefficient (Wildman–Crippen LogP) is -1.98. The zero-order valence-electron chi connectivity index (χ0n) is 14.0. The van der Waals surface area contributed by atoms with Gasteiger partial charge in [-0.15, -0.1) is 0 Å². The molecule has 0 spiro atoms. The predicted molar refractivity (Wildman–Crippen MR) is 89.6 cm³/mol. The van der Waals surface area contributed by atoms with E-state index < -0.39 is 6.61 Å². The van der Waals surface area contributed by atoms with E-state index in [1.807, 2.05) is 9.80 Å². The Kier molecular flexibility index (Phi) is 6.28. The Balaban J connectivity index is 1.75. The van der Waals surface area contributed by atoms with Gasteiger partial charge in [-0.1, -0.05) is 0 Å². The van der Waals surface area contributed by atoms with Crippen LogP contribution in [0.3, 0.4) is 0 Å². The summed E-state index contributed by atoms with van der Waals surface area (Å²) in [7, 11) is 0. The average molecular weight is 353 g/mol. The molecule has 3 N–H and O–H groups in total. The lowest BCUT2D eigenvalue weighted by molar-refractivity contribution is -0.120. The highest BCUT2D eigenvalue weighted by Gasteiger charge is 2.20. The van der Waals surface area contributed by atoms with Crippen LogP contribution < -0.4 is 20.7 Å². The average Bonchev–Trinajstić information content (AvgIpc) is 2.69. The van der Waals surface area contributed by atoms with Crippen molar-refractivity contribution in [1.29, 1.82) is 0 Å². The number of rotatable bonds is 7. The molecule has 0 saturated carbocycles. The van der Waals surface area contributed by atoms with Gasteiger partial charge >= 0.3 is 0 Å². The largest absolute Gasteiger partial charge is 0.389 e. The van der Waals surface area contributed by atoms with Crippen LogP contribution in [-0.4, -0.2) is 91.6 Å². The van der Waals surface area contributed by atoms with Gasteiger partial charge in [-0.25, -0.2) is 5.43 Å². The molecular formula is C14H23N7O4. The van der Waals surface area contributed by atoms with Gasteiger partial charge in [-0.2, -0.15) is 15.0 Å². The number of ketones is 1. The van der Waals surface area contributed by atoms with E-state index in [4.69, 9.17) is 14.6 Å². The number of nitrogens with one attached hydrogen (secondary N) is 2. The summed E-state index contributed by atoms with van der Waals surface area (Å²) in [6, 6.07) is 0. The lowest BCUT2D eigenvalue weighted by Crippen LogP contribution is -2.40. The minimum absolute atomic E-state index is 0.0258. The number of ether oxygens (including phenoxy) is 2. The molecule has 3 heterocycles. The number of Topliss-reactive ketones (excluding diaryl/α,β-unsaturated/α-hetero) is 1. The molecule has 0 aliphatic carbocycles. The minimum Gasteiger partial charge on any atom is -0.389 e. The van der Waals surface area contributed by atoms with E-state index in [-0.39, 0.29) is 12.3 Å². The Morgan fingerprint density at radius 1 is 0.960 bits per heavy atom. The summed E-state index contributed by atoms with van der Waals surface area (Å²) in [6.07, 6.45) is 0. The van der Waals surface area contributed by atoms with Crippen molar-refractivity contribution < 1.29 is 19.4 Å². The normalized spacial score (nSPS) is 18.3. The van der Waals surface area contributed by atoms with Crippen molar-refractivity contribution in [2.24, 2.45) is 0 Å². The van der Waals surface area contributed by atoms with Crippen LogP contribution >= 0.6 is 0 Å². The van der Waals surface area contributed by atoms with Gasteiger partial charge < -0.3 is 24.4 Å². The second kappa shape index (κ2) is 8.85. The van der Waals surface area contributed by atoms with Crippen molar-refractivity contribution in [1.82, 2.24) is 20.4 Å². The van der Waals surface area contributed by atoms with E-state index >= 15 is 0 Å². The third kappa shape index (κ3) is 4.95. The first-order valence-electron chi connectivity index (χ1n) is 8.29. The molecule has 0 bridgehead atoms. The number of aliphatic hydroxyl groups excluding tert-OH is 1. The molecule has 0 unspecified atom stereocenters. The molecule has 0 atom stereocenters. The standard InChI is InChI=1S/C14H23N7O4/c22-10-11(23)9-15-19-12-16-13(20-1-5-24-6-2-20)18-14(17-12)21-3-7-25-8-4-21/h15,22H,1-10H2,(H,16,17,18,19). The maximum atomic E-state index is 11.2.